The maximum Gasteiger partial charge on any atom is 0.126 e. The summed E-state index contributed by atoms with van der Waals surface area (Å²) in [4.78, 5) is 1.38. The first kappa shape index (κ1) is 19.6. The second-order valence-corrected chi connectivity index (χ2v) is 7.68. The van der Waals surface area contributed by atoms with Gasteiger partial charge in [0.1, 0.15) is 19.2 Å². The van der Waals surface area contributed by atoms with Crippen molar-refractivity contribution in [2.24, 2.45) is 0 Å². The lowest BCUT2D eigenvalue weighted by Gasteiger charge is -2.25. The third-order valence-electron chi connectivity index (χ3n) is 4.14. The molecule has 0 amide bonds. The van der Waals surface area contributed by atoms with E-state index in [-0.39, 0.29) is 5.60 Å². The van der Waals surface area contributed by atoms with Gasteiger partial charge in [-0.2, -0.15) is 0 Å². The maximum atomic E-state index is 10.4. The summed E-state index contributed by atoms with van der Waals surface area (Å²) in [5.74, 6) is 0. The Kier molecular flexibility index (Phi) is 7.63. The van der Waals surface area contributed by atoms with Gasteiger partial charge in [0.15, 0.2) is 0 Å². The smallest absolute Gasteiger partial charge is 0.126 e. The summed E-state index contributed by atoms with van der Waals surface area (Å²) >= 11 is 0. The molecule has 0 radical (unpaired) electrons. The van der Waals surface area contributed by atoms with Crippen LogP contribution in [0.1, 0.15) is 31.9 Å². The van der Waals surface area contributed by atoms with Crippen LogP contribution in [-0.2, 0) is 17.7 Å². The second-order valence-electron chi connectivity index (χ2n) is 7.68. The van der Waals surface area contributed by atoms with Gasteiger partial charge in [-0.15, -0.1) is 0 Å². The summed E-state index contributed by atoms with van der Waals surface area (Å²) < 4.78 is 5.74. The van der Waals surface area contributed by atoms with Crippen molar-refractivity contribution in [2.75, 3.05) is 19.7 Å². The fraction of sp³-hybridized carbons (Fsp3) is 0.455. The van der Waals surface area contributed by atoms with Gasteiger partial charge in [0, 0.05) is 12.0 Å². The van der Waals surface area contributed by atoms with Gasteiger partial charge in [-0.3, -0.25) is 0 Å². The number of aliphatic hydroxyl groups is 1. The van der Waals surface area contributed by atoms with E-state index in [0.29, 0.717) is 13.2 Å². The highest BCUT2D eigenvalue weighted by molar-refractivity contribution is 5.15. The van der Waals surface area contributed by atoms with Gasteiger partial charge < -0.3 is 14.7 Å². The van der Waals surface area contributed by atoms with Crippen molar-refractivity contribution in [3.05, 3.63) is 71.8 Å². The van der Waals surface area contributed by atoms with E-state index in [4.69, 9.17) is 4.74 Å². The lowest BCUT2D eigenvalue weighted by atomic mass is 10.1. The van der Waals surface area contributed by atoms with Gasteiger partial charge in [0.2, 0.25) is 0 Å². The Bertz CT molecular complexity index is 592. The van der Waals surface area contributed by atoms with E-state index < -0.39 is 6.10 Å². The molecule has 2 atom stereocenters. The normalized spacial score (nSPS) is 14.2. The minimum absolute atomic E-state index is 0.218. The van der Waals surface area contributed by atoms with Crippen molar-refractivity contribution in [2.45, 2.75) is 45.4 Å². The highest BCUT2D eigenvalue weighted by Crippen LogP contribution is 2.06. The molecule has 3 heteroatoms. The number of nitrogens with one attached hydrogen (secondary N) is 1. The predicted octanol–water partition coefficient (Wildman–Crippen LogP) is 2.49. The quantitative estimate of drug-likeness (QED) is 0.734. The molecule has 0 aromatic heterocycles. The van der Waals surface area contributed by atoms with Crippen LogP contribution in [0.2, 0.25) is 0 Å². The number of hydrogen-bond acceptors (Lipinski definition) is 2. The van der Waals surface area contributed by atoms with Crippen molar-refractivity contribution >= 4 is 0 Å². The molecule has 136 valence electrons. The summed E-state index contributed by atoms with van der Waals surface area (Å²) in [7, 11) is 0. The molecule has 0 fully saturated rings. The topological polar surface area (TPSA) is 33.9 Å². The molecule has 2 aromatic rings. The first-order chi connectivity index (χ1) is 11.9. The molecule has 0 bridgehead atoms. The molecule has 1 unspecified atom stereocenters. The third-order valence-corrected chi connectivity index (χ3v) is 4.14. The molecule has 0 saturated carbocycles. The highest BCUT2D eigenvalue weighted by Gasteiger charge is 2.19. The van der Waals surface area contributed by atoms with Gasteiger partial charge in [0.05, 0.1) is 18.8 Å². The SMILES string of the molecule is CC(C)(C)OC[C@@H](O)C[NH+](CCc1ccccc1)Cc1ccccc1. The molecule has 2 rings (SSSR count). The monoisotopic (exact) mass is 342 g/mol. The first-order valence-corrected chi connectivity index (χ1v) is 9.16. The zero-order chi connectivity index (χ0) is 18.1. The van der Waals surface area contributed by atoms with Gasteiger partial charge in [-0.05, 0) is 26.3 Å². The first-order valence-electron chi connectivity index (χ1n) is 9.16. The van der Waals surface area contributed by atoms with Gasteiger partial charge in [-0.1, -0.05) is 60.7 Å². The van der Waals surface area contributed by atoms with Gasteiger partial charge >= 0.3 is 0 Å². The van der Waals surface area contributed by atoms with E-state index in [1.54, 1.807) is 0 Å². The van der Waals surface area contributed by atoms with Crippen molar-refractivity contribution in [3.63, 3.8) is 0 Å². The van der Waals surface area contributed by atoms with Crippen LogP contribution in [0.3, 0.4) is 0 Å². The molecule has 3 nitrogen and oxygen atoms in total. The molecule has 0 aliphatic rings. The van der Waals surface area contributed by atoms with Crippen molar-refractivity contribution in [1.29, 1.82) is 0 Å². The summed E-state index contributed by atoms with van der Waals surface area (Å²) in [6.45, 7) is 9.04. The molecular weight excluding hydrogens is 310 g/mol. The number of rotatable bonds is 9. The molecule has 2 aromatic carbocycles. The van der Waals surface area contributed by atoms with E-state index in [1.165, 1.54) is 16.0 Å². The Morgan fingerprint density at radius 2 is 1.48 bits per heavy atom. The fourth-order valence-electron chi connectivity index (χ4n) is 2.85. The molecule has 0 saturated heterocycles. The molecule has 0 heterocycles. The molecule has 0 aliphatic carbocycles. The lowest BCUT2D eigenvalue weighted by Crippen LogP contribution is -3.12. The standard InChI is InChI=1S/C22H31NO2/c1-22(2,3)25-18-21(24)17-23(16-20-12-8-5-9-13-20)15-14-19-10-6-4-7-11-19/h4-13,21,24H,14-18H2,1-3H3/p+1/t21-/m0/s1. The van der Waals surface area contributed by atoms with E-state index >= 15 is 0 Å². The molecule has 25 heavy (non-hydrogen) atoms. The number of quaternary nitrogens is 1. The summed E-state index contributed by atoms with van der Waals surface area (Å²) in [6, 6.07) is 21.0. The lowest BCUT2D eigenvalue weighted by molar-refractivity contribution is -0.916. The molecule has 0 aliphatic heterocycles. The zero-order valence-corrected chi connectivity index (χ0v) is 15.7. The summed E-state index contributed by atoms with van der Waals surface area (Å²) in [6.07, 6.45) is 0.560. The van der Waals surface area contributed by atoms with Crippen molar-refractivity contribution in [3.8, 4) is 0 Å². The molecule has 2 N–H and O–H groups in total. The minimum Gasteiger partial charge on any atom is -0.385 e. The van der Waals surface area contributed by atoms with Crippen molar-refractivity contribution in [1.82, 2.24) is 0 Å². The van der Waals surface area contributed by atoms with Crippen LogP contribution in [-0.4, -0.2) is 36.5 Å². The number of benzene rings is 2. The average molecular weight is 343 g/mol. The Labute approximate surface area is 152 Å². The van der Waals surface area contributed by atoms with Gasteiger partial charge in [-0.25, -0.2) is 0 Å². The van der Waals surface area contributed by atoms with Crippen LogP contribution >= 0.6 is 0 Å². The van der Waals surface area contributed by atoms with E-state index in [0.717, 1.165) is 19.5 Å². The number of aliphatic hydroxyl groups excluding tert-OH is 1. The van der Waals surface area contributed by atoms with Crippen molar-refractivity contribution < 1.29 is 14.7 Å². The van der Waals surface area contributed by atoms with Crippen LogP contribution < -0.4 is 4.90 Å². The summed E-state index contributed by atoms with van der Waals surface area (Å²) in [5, 5.41) is 10.4. The number of hydrogen-bond donors (Lipinski definition) is 2. The highest BCUT2D eigenvalue weighted by atomic mass is 16.5. The second kappa shape index (κ2) is 9.71. The Balaban J connectivity index is 1.93. The number of ether oxygens (including phenoxy) is 1. The summed E-state index contributed by atoms with van der Waals surface area (Å²) in [5.41, 5.74) is 2.42. The van der Waals surface area contributed by atoms with Crippen LogP contribution in [0, 0.1) is 0 Å². The van der Waals surface area contributed by atoms with E-state index in [2.05, 4.69) is 48.5 Å². The van der Waals surface area contributed by atoms with Crippen LogP contribution in [0.5, 0.6) is 0 Å². The molecule has 0 spiro atoms. The maximum absolute atomic E-state index is 10.4. The largest absolute Gasteiger partial charge is 0.385 e. The Morgan fingerprint density at radius 3 is 2.04 bits per heavy atom. The minimum atomic E-state index is -0.450. The van der Waals surface area contributed by atoms with Crippen LogP contribution in [0.25, 0.3) is 0 Å². The average Bonchev–Trinajstić information content (AvgIpc) is 2.59. The van der Waals surface area contributed by atoms with E-state index in [9.17, 15) is 5.11 Å². The van der Waals surface area contributed by atoms with E-state index in [1.807, 2.05) is 32.9 Å². The Morgan fingerprint density at radius 1 is 0.920 bits per heavy atom. The molecular formula is C22H32NO2+. The third kappa shape index (κ3) is 8.30. The van der Waals surface area contributed by atoms with Crippen LogP contribution in [0.15, 0.2) is 60.7 Å². The zero-order valence-electron chi connectivity index (χ0n) is 15.7. The van der Waals surface area contributed by atoms with Gasteiger partial charge in [0.25, 0.3) is 0 Å². The Hall–Kier alpha value is -1.68. The van der Waals surface area contributed by atoms with Crippen LogP contribution in [0.4, 0.5) is 0 Å². The fourth-order valence-corrected chi connectivity index (χ4v) is 2.85. The predicted molar refractivity (Wildman–Crippen MR) is 103 cm³/mol.